The number of rotatable bonds is 6. The number of aliphatic hydroxyl groups is 1. The van der Waals surface area contributed by atoms with Gasteiger partial charge in [0.25, 0.3) is 11.7 Å². The molecule has 0 saturated carbocycles. The summed E-state index contributed by atoms with van der Waals surface area (Å²) in [4.78, 5) is 33.7. The van der Waals surface area contributed by atoms with E-state index in [0.29, 0.717) is 24.1 Å². The number of fused-ring (bicyclic) bond motifs is 1. The number of aliphatic hydroxyl groups excluding tert-OH is 1. The zero-order valence-electron chi connectivity index (χ0n) is 18.0. The average Bonchev–Trinajstić information content (AvgIpc) is 3.24. The maximum atomic E-state index is 13.0. The molecule has 1 aromatic heterocycles. The maximum absolute atomic E-state index is 13.0. The molecule has 7 heteroatoms. The molecule has 1 amide bonds. The van der Waals surface area contributed by atoms with Gasteiger partial charge in [0, 0.05) is 30.9 Å². The summed E-state index contributed by atoms with van der Waals surface area (Å²) < 4.78 is 5.74. The molecule has 4 rings (SSSR count). The Hall–Kier alpha value is -3.19. The highest BCUT2D eigenvalue weighted by Gasteiger charge is 2.46. The highest BCUT2D eigenvalue weighted by atomic mass is 16.5. The number of carbonyl (C=O) groups is 2. The van der Waals surface area contributed by atoms with Gasteiger partial charge in [0.2, 0.25) is 0 Å². The minimum atomic E-state index is -0.667. The van der Waals surface area contributed by atoms with E-state index >= 15 is 0 Å². The van der Waals surface area contributed by atoms with E-state index in [9.17, 15) is 14.7 Å². The molecule has 1 aromatic carbocycles. The predicted octanol–water partition coefficient (Wildman–Crippen LogP) is 2.78. The van der Waals surface area contributed by atoms with E-state index in [1.165, 1.54) is 0 Å². The third-order valence-corrected chi connectivity index (χ3v) is 5.71. The van der Waals surface area contributed by atoms with Gasteiger partial charge in [-0.05, 0) is 69.4 Å². The second-order valence-electron chi connectivity index (χ2n) is 8.39. The van der Waals surface area contributed by atoms with Gasteiger partial charge in [0.15, 0.2) is 0 Å². The molecule has 162 valence electrons. The summed E-state index contributed by atoms with van der Waals surface area (Å²) in [7, 11) is 3.93. The van der Waals surface area contributed by atoms with Crippen molar-refractivity contribution in [3.63, 3.8) is 0 Å². The quantitative estimate of drug-likeness (QED) is 0.439. The van der Waals surface area contributed by atoms with Crippen LogP contribution < -0.4 is 4.74 Å². The number of nitrogens with zero attached hydrogens (tertiary/aromatic N) is 3. The molecule has 1 saturated heterocycles. The number of ketones is 1. The van der Waals surface area contributed by atoms with Crippen LogP contribution in [-0.2, 0) is 16.0 Å². The molecule has 7 nitrogen and oxygen atoms in total. The Morgan fingerprint density at radius 3 is 2.81 bits per heavy atom. The van der Waals surface area contributed by atoms with Crippen molar-refractivity contribution in [2.45, 2.75) is 31.9 Å². The first-order valence-corrected chi connectivity index (χ1v) is 10.5. The molecule has 2 aliphatic heterocycles. The normalized spacial score (nSPS) is 22.1. The molecular formula is C24H27N3O4. The van der Waals surface area contributed by atoms with Crippen LogP contribution >= 0.6 is 0 Å². The van der Waals surface area contributed by atoms with Gasteiger partial charge < -0.3 is 19.6 Å². The first-order valence-electron chi connectivity index (χ1n) is 10.5. The van der Waals surface area contributed by atoms with E-state index < -0.39 is 17.7 Å². The Bertz CT molecular complexity index is 1030. The number of aromatic nitrogens is 1. The first kappa shape index (κ1) is 21.1. The topological polar surface area (TPSA) is 83.0 Å². The smallest absolute Gasteiger partial charge is 0.295 e. The van der Waals surface area contributed by atoms with Gasteiger partial charge in [-0.15, -0.1) is 0 Å². The molecular weight excluding hydrogens is 394 g/mol. The van der Waals surface area contributed by atoms with Crippen LogP contribution in [0.15, 0.2) is 48.3 Å². The Balaban J connectivity index is 1.76. The zero-order valence-corrected chi connectivity index (χ0v) is 18.0. The number of likely N-dealkylation sites (tertiary alicyclic amines) is 1. The lowest BCUT2D eigenvalue weighted by Gasteiger charge is -2.25. The van der Waals surface area contributed by atoms with Gasteiger partial charge in [0.1, 0.15) is 17.6 Å². The molecule has 2 atom stereocenters. The fourth-order valence-electron chi connectivity index (χ4n) is 4.28. The molecule has 2 aromatic rings. The van der Waals surface area contributed by atoms with Gasteiger partial charge in [-0.1, -0.05) is 6.07 Å². The first-order chi connectivity index (χ1) is 14.9. The van der Waals surface area contributed by atoms with E-state index in [1.54, 1.807) is 35.5 Å². The SMILES string of the molecule is CC1Cc2cc(/C(O)=C3/C(=O)C(=O)N(CCCN(C)C)C3c3cccnc3)ccc2O1. The number of ether oxygens (including phenoxy) is 1. The van der Waals surface area contributed by atoms with Crippen LogP contribution in [0.25, 0.3) is 5.76 Å². The minimum Gasteiger partial charge on any atom is -0.507 e. The van der Waals surface area contributed by atoms with Crippen molar-refractivity contribution < 1.29 is 19.4 Å². The number of benzene rings is 1. The molecule has 0 aliphatic carbocycles. The third kappa shape index (κ3) is 4.05. The van der Waals surface area contributed by atoms with Crippen LogP contribution in [0.4, 0.5) is 0 Å². The summed E-state index contributed by atoms with van der Waals surface area (Å²) >= 11 is 0. The summed E-state index contributed by atoms with van der Waals surface area (Å²) in [5.41, 5.74) is 2.30. The lowest BCUT2D eigenvalue weighted by Crippen LogP contribution is -2.32. The molecule has 3 heterocycles. The number of carbonyl (C=O) groups excluding carboxylic acids is 2. The van der Waals surface area contributed by atoms with Crippen molar-refractivity contribution in [3.8, 4) is 5.75 Å². The lowest BCUT2D eigenvalue weighted by atomic mass is 9.95. The van der Waals surface area contributed by atoms with Crippen molar-refractivity contribution in [3.05, 3.63) is 65.0 Å². The van der Waals surface area contributed by atoms with Crippen LogP contribution in [0.5, 0.6) is 5.75 Å². The van der Waals surface area contributed by atoms with E-state index in [-0.39, 0.29) is 17.4 Å². The van der Waals surface area contributed by atoms with Crippen LogP contribution in [0, 0.1) is 0 Å². The summed E-state index contributed by atoms with van der Waals surface area (Å²) in [6, 6.07) is 8.30. The van der Waals surface area contributed by atoms with Gasteiger partial charge in [0.05, 0.1) is 11.6 Å². The molecule has 1 N–H and O–H groups in total. The fraction of sp³-hybridized carbons (Fsp3) is 0.375. The van der Waals surface area contributed by atoms with Crippen molar-refractivity contribution >= 4 is 17.4 Å². The van der Waals surface area contributed by atoms with Gasteiger partial charge >= 0.3 is 0 Å². The number of hydrogen-bond acceptors (Lipinski definition) is 6. The number of amides is 1. The fourth-order valence-corrected chi connectivity index (χ4v) is 4.28. The third-order valence-electron chi connectivity index (χ3n) is 5.71. The van der Waals surface area contributed by atoms with Gasteiger partial charge in [-0.25, -0.2) is 0 Å². The summed E-state index contributed by atoms with van der Waals surface area (Å²) in [6.07, 6.45) is 4.81. The highest BCUT2D eigenvalue weighted by Crippen LogP contribution is 2.40. The van der Waals surface area contributed by atoms with Crippen molar-refractivity contribution in [2.75, 3.05) is 27.2 Å². The maximum Gasteiger partial charge on any atom is 0.295 e. The molecule has 31 heavy (non-hydrogen) atoms. The van der Waals surface area contributed by atoms with Gasteiger partial charge in [-0.3, -0.25) is 14.6 Å². The predicted molar refractivity (Wildman–Crippen MR) is 117 cm³/mol. The second kappa shape index (κ2) is 8.51. The Morgan fingerprint density at radius 1 is 1.29 bits per heavy atom. The Kier molecular flexibility index (Phi) is 5.78. The molecule has 2 unspecified atom stereocenters. The van der Waals surface area contributed by atoms with Gasteiger partial charge in [-0.2, -0.15) is 0 Å². The zero-order chi connectivity index (χ0) is 22.1. The Morgan fingerprint density at radius 2 is 2.10 bits per heavy atom. The summed E-state index contributed by atoms with van der Waals surface area (Å²) in [5.74, 6) is -0.629. The van der Waals surface area contributed by atoms with Crippen LogP contribution in [0.3, 0.4) is 0 Å². The molecule has 0 spiro atoms. The summed E-state index contributed by atoms with van der Waals surface area (Å²) in [5, 5.41) is 11.2. The number of pyridine rings is 1. The lowest BCUT2D eigenvalue weighted by molar-refractivity contribution is -0.139. The monoisotopic (exact) mass is 421 g/mol. The number of Topliss-reactive ketones (excluding diaryl/α,β-unsaturated/α-hetero) is 1. The van der Waals surface area contributed by atoms with Crippen LogP contribution in [-0.4, -0.2) is 64.9 Å². The molecule has 0 radical (unpaired) electrons. The van der Waals surface area contributed by atoms with E-state index in [1.807, 2.05) is 38.1 Å². The van der Waals surface area contributed by atoms with E-state index in [4.69, 9.17) is 4.74 Å². The van der Waals surface area contributed by atoms with Crippen LogP contribution in [0.1, 0.15) is 36.1 Å². The molecule has 2 aliphatic rings. The molecule has 1 fully saturated rings. The largest absolute Gasteiger partial charge is 0.507 e. The number of hydrogen-bond donors (Lipinski definition) is 1. The second-order valence-corrected chi connectivity index (χ2v) is 8.39. The van der Waals surface area contributed by atoms with Crippen molar-refractivity contribution in [1.29, 1.82) is 0 Å². The molecule has 0 bridgehead atoms. The standard InChI is InChI=1S/C24H27N3O4/c1-15-12-18-13-16(7-8-19(18)31-15)22(28)20-21(17-6-4-9-25-14-17)27(24(30)23(20)29)11-5-10-26(2)3/h4,6-9,13-15,21,28H,5,10-12H2,1-3H3/b22-20-. The van der Waals surface area contributed by atoms with E-state index in [2.05, 4.69) is 4.98 Å². The van der Waals surface area contributed by atoms with Crippen LogP contribution in [0.2, 0.25) is 0 Å². The van der Waals surface area contributed by atoms with Crippen molar-refractivity contribution in [1.82, 2.24) is 14.8 Å². The van der Waals surface area contributed by atoms with Crippen molar-refractivity contribution in [2.24, 2.45) is 0 Å². The summed E-state index contributed by atoms with van der Waals surface area (Å²) in [6.45, 7) is 3.18. The Labute approximate surface area is 182 Å². The van der Waals surface area contributed by atoms with E-state index in [0.717, 1.165) is 24.3 Å². The highest BCUT2D eigenvalue weighted by molar-refractivity contribution is 6.46. The minimum absolute atomic E-state index is 0.0741. The average molecular weight is 421 g/mol.